The summed E-state index contributed by atoms with van der Waals surface area (Å²) in [6.45, 7) is 13.5. The van der Waals surface area contributed by atoms with Gasteiger partial charge in [0.05, 0.1) is 6.54 Å². The van der Waals surface area contributed by atoms with Gasteiger partial charge < -0.3 is 9.84 Å². The van der Waals surface area contributed by atoms with Gasteiger partial charge in [0.1, 0.15) is 0 Å². The largest absolute Gasteiger partial charge is 0.338 e. The summed E-state index contributed by atoms with van der Waals surface area (Å²) in [4.78, 5) is 6.85. The maximum Gasteiger partial charge on any atom is 0.240 e. The Bertz CT molecular complexity index is 392. The van der Waals surface area contributed by atoms with E-state index < -0.39 is 0 Å². The Labute approximate surface area is 121 Å². The van der Waals surface area contributed by atoms with Crippen molar-refractivity contribution in [2.24, 2.45) is 0 Å². The Morgan fingerprint density at radius 2 is 1.84 bits per heavy atom. The van der Waals surface area contributed by atoms with Crippen LogP contribution in [0.2, 0.25) is 0 Å². The summed E-state index contributed by atoms with van der Waals surface area (Å²) in [6, 6.07) is 1.03. The van der Waals surface area contributed by atoms with Gasteiger partial charge in [0.15, 0.2) is 5.82 Å². The predicted octanol–water partition coefficient (Wildman–Crippen LogP) is 1.97. The van der Waals surface area contributed by atoms with Crippen LogP contribution in [-0.2, 0) is 12.0 Å². The minimum Gasteiger partial charge on any atom is -0.338 e. The number of halogens is 1. The van der Waals surface area contributed by atoms with Crippen molar-refractivity contribution in [1.82, 2.24) is 20.4 Å². The molecule has 2 rings (SSSR count). The van der Waals surface area contributed by atoms with Crippen molar-refractivity contribution in [2.45, 2.75) is 58.7 Å². The van der Waals surface area contributed by atoms with E-state index in [2.05, 4.69) is 55.0 Å². The molecule has 2 heterocycles. The Hall–Kier alpha value is -0.650. The molecule has 1 saturated heterocycles. The maximum atomic E-state index is 5.34. The highest BCUT2D eigenvalue weighted by Gasteiger charge is 2.25. The molecule has 0 amide bonds. The normalized spacial score (nSPS) is 25.1. The first-order valence-corrected chi connectivity index (χ1v) is 6.66. The van der Waals surface area contributed by atoms with E-state index in [0.29, 0.717) is 12.1 Å². The second kappa shape index (κ2) is 6.20. The first kappa shape index (κ1) is 16.4. The highest BCUT2D eigenvalue weighted by molar-refractivity contribution is 5.85. The molecule has 0 radical (unpaired) electrons. The number of aromatic nitrogens is 2. The summed E-state index contributed by atoms with van der Waals surface area (Å²) in [5.41, 5.74) is -0.0498. The van der Waals surface area contributed by atoms with Crippen LogP contribution in [0.25, 0.3) is 0 Å². The molecule has 19 heavy (non-hydrogen) atoms. The van der Waals surface area contributed by atoms with Crippen LogP contribution in [0.4, 0.5) is 0 Å². The van der Waals surface area contributed by atoms with Crippen LogP contribution in [0.1, 0.15) is 46.3 Å². The fourth-order valence-corrected chi connectivity index (χ4v) is 2.38. The molecule has 1 aromatic rings. The second-order valence-corrected chi connectivity index (χ2v) is 6.42. The second-order valence-electron chi connectivity index (χ2n) is 6.42. The molecule has 1 fully saturated rings. The molecule has 0 aromatic carbocycles. The van der Waals surface area contributed by atoms with Crippen LogP contribution in [0.5, 0.6) is 0 Å². The van der Waals surface area contributed by atoms with E-state index in [9.17, 15) is 0 Å². The average molecular weight is 289 g/mol. The van der Waals surface area contributed by atoms with Crippen molar-refractivity contribution in [3.63, 3.8) is 0 Å². The summed E-state index contributed by atoms with van der Waals surface area (Å²) in [6.07, 6.45) is 0. The van der Waals surface area contributed by atoms with Crippen LogP contribution < -0.4 is 5.32 Å². The van der Waals surface area contributed by atoms with Gasteiger partial charge in [-0.2, -0.15) is 4.98 Å². The fraction of sp³-hybridized carbons (Fsp3) is 0.846. The lowest BCUT2D eigenvalue weighted by atomic mass is 9.96. The van der Waals surface area contributed by atoms with Crippen LogP contribution >= 0.6 is 12.4 Å². The molecule has 1 N–H and O–H groups in total. The van der Waals surface area contributed by atoms with E-state index in [0.717, 1.165) is 31.3 Å². The molecular formula is C13H25ClN4O. The van der Waals surface area contributed by atoms with Gasteiger partial charge in [-0.25, -0.2) is 0 Å². The molecule has 6 heteroatoms. The molecule has 0 spiro atoms. The first-order valence-electron chi connectivity index (χ1n) is 6.66. The van der Waals surface area contributed by atoms with Gasteiger partial charge in [-0.3, -0.25) is 4.90 Å². The molecule has 1 aromatic heterocycles. The van der Waals surface area contributed by atoms with Crippen LogP contribution in [-0.4, -0.2) is 40.2 Å². The predicted molar refractivity (Wildman–Crippen MR) is 77.6 cm³/mol. The van der Waals surface area contributed by atoms with Crippen LogP contribution in [0.3, 0.4) is 0 Å². The van der Waals surface area contributed by atoms with E-state index in [4.69, 9.17) is 4.52 Å². The van der Waals surface area contributed by atoms with Gasteiger partial charge in [0.2, 0.25) is 5.89 Å². The van der Waals surface area contributed by atoms with Gasteiger partial charge in [-0.05, 0) is 13.8 Å². The van der Waals surface area contributed by atoms with Gasteiger partial charge in [-0.15, -0.1) is 12.4 Å². The molecule has 0 aliphatic carbocycles. The van der Waals surface area contributed by atoms with Gasteiger partial charge in [0.25, 0.3) is 0 Å². The highest BCUT2D eigenvalue weighted by Crippen LogP contribution is 2.19. The number of rotatable bonds is 2. The highest BCUT2D eigenvalue weighted by atomic mass is 35.5. The van der Waals surface area contributed by atoms with E-state index in [-0.39, 0.29) is 17.8 Å². The molecule has 0 bridgehead atoms. The zero-order valence-corrected chi connectivity index (χ0v) is 13.3. The van der Waals surface area contributed by atoms with Crippen molar-refractivity contribution in [3.05, 3.63) is 11.7 Å². The molecule has 2 unspecified atom stereocenters. The number of hydrogen-bond donors (Lipinski definition) is 1. The molecule has 110 valence electrons. The van der Waals surface area contributed by atoms with Gasteiger partial charge >= 0.3 is 0 Å². The van der Waals surface area contributed by atoms with E-state index >= 15 is 0 Å². The molecule has 1 aliphatic rings. The topological polar surface area (TPSA) is 54.2 Å². The third-order valence-corrected chi connectivity index (χ3v) is 3.13. The minimum atomic E-state index is -0.0498. The summed E-state index contributed by atoms with van der Waals surface area (Å²) in [5.74, 6) is 1.51. The Morgan fingerprint density at radius 1 is 1.26 bits per heavy atom. The van der Waals surface area contributed by atoms with Crippen molar-refractivity contribution in [2.75, 3.05) is 13.1 Å². The Morgan fingerprint density at radius 3 is 2.32 bits per heavy atom. The summed E-state index contributed by atoms with van der Waals surface area (Å²) < 4.78 is 5.34. The van der Waals surface area contributed by atoms with E-state index in [1.807, 2.05) is 0 Å². The average Bonchev–Trinajstić information content (AvgIpc) is 2.63. The number of piperazine rings is 1. The van der Waals surface area contributed by atoms with Crippen LogP contribution in [0, 0.1) is 0 Å². The third-order valence-electron chi connectivity index (χ3n) is 3.13. The fourth-order valence-electron chi connectivity index (χ4n) is 2.38. The summed E-state index contributed by atoms with van der Waals surface area (Å²) >= 11 is 0. The lowest BCUT2D eigenvalue weighted by Crippen LogP contribution is -2.53. The molecule has 2 atom stereocenters. The lowest BCUT2D eigenvalue weighted by Gasteiger charge is -2.35. The van der Waals surface area contributed by atoms with E-state index in [1.54, 1.807) is 0 Å². The number of nitrogens with zero attached hydrogens (tertiary/aromatic N) is 3. The molecule has 1 aliphatic heterocycles. The number of nitrogens with one attached hydrogen (secondary N) is 1. The minimum absolute atomic E-state index is 0. The zero-order chi connectivity index (χ0) is 13.3. The Balaban J connectivity index is 0.00000180. The SMILES string of the molecule is CC1CN(Cc2nc(C(C)(C)C)no2)CC(C)N1.Cl. The van der Waals surface area contributed by atoms with Crippen molar-refractivity contribution in [3.8, 4) is 0 Å². The van der Waals surface area contributed by atoms with Crippen molar-refractivity contribution < 1.29 is 4.52 Å². The Kier molecular flexibility index (Phi) is 5.35. The quantitative estimate of drug-likeness (QED) is 0.902. The zero-order valence-electron chi connectivity index (χ0n) is 12.4. The van der Waals surface area contributed by atoms with Crippen LogP contribution in [0.15, 0.2) is 4.52 Å². The first-order chi connectivity index (χ1) is 8.34. The summed E-state index contributed by atoms with van der Waals surface area (Å²) in [5, 5.41) is 7.58. The van der Waals surface area contributed by atoms with Gasteiger partial charge in [-0.1, -0.05) is 25.9 Å². The lowest BCUT2D eigenvalue weighted by molar-refractivity contribution is 0.149. The van der Waals surface area contributed by atoms with Crippen molar-refractivity contribution in [1.29, 1.82) is 0 Å². The standard InChI is InChI=1S/C13H24N4O.ClH/c1-9-6-17(7-10(2)14-9)8-11-15-12(16-18-11)13(3,4)5;/h9-10,14H,6-8H2,1-5H3;1H. The third kappa shape index (κ3) is 4.44. The smallest absolute Gasteiger partial charge is 0.240 e. The molecule has 0 saturated carbocycles. The molecular weight excluding hydrogens is 264 g/mol. The van der Waals surface area contributed by atoms with Gasteiger partial charge in [0, 0.05) is 30.6 Å². The maximum absolute atomic E-state index is 5.34. The monoisotopic (exact) mass is 288 g/mol. The van der Waals surface area contributed by atoms with E-state index in [1.165, 1.54) is 0 Å². The van der Waals surface area contributed by atoms with Crippen molar-refractivity contribution >= 4 is 12.4 Å². The summed E-state index contributed by atoms with van der Waals surface area (Å²) in [7, 11) is 0. The number of hydrogen-bond acceptors (Lipinski definition) is 5. The molecule has 5 nitrogen and oxygen atoms in total.